The van der Waals surface area contributed by atoms with Crippen LogP contribution in [0.2, 0.25) is 0 Å². The van der Waals surface area contributed by atoms with Crippen LogP contribution in [0, 0.1) is 11.8 Å². The van der Waals surface area contributed by atoms with Gasteiger partial charge in [0.1, 0.15) is 6.04 Å². The van der Waals surface area contributed by atoms with E-state index in [-0.39, 0.29) is 18.4 Å². The molecular formula is C20H25NO5. The van der Waals surface area contributed by atoms with Gasteiger partial charge in [-0.25, -0.2) is 4.79 Å². The molecule has 1 N–H and O–H groups in total. The fourth-order valence-electron chi connectivity index (χ4n) is 4.23. The molecule has 0 spiro atoms. The van der Waals surface area contributed by atoms with Gasteiger partial charge in [0, 0.05) is 6.54 Å². The molecule has 1 amide bonds. The van der Waals surface area contributed by atoms with E-state index in [9.17, 15) is 14.7 Å². The molecule has 26 heavy (non-hydrogen) atoms. The third kappa shape index (κ3) is 3.54. The number of nitrogens with zero attached hydrogens (tertiary/aromatic N) is 1. The highest BCUT2D eigenvalue weighted by molar-refractivity contribution is 5.85. The number of rotatable bonds is 7. The number of benzene rings is 1. The van der Waals surface area contributed by atoms with E-state index >= 15 is 0 Å². The summed E-state index contributed by atoms with van der Waals surface area (Å²) in [6.45, 7) is 4.03. The van der Waals surface area contributed by atoms with E-state index in [2.05, 4.69) is 6.58 Å². The van der Waals surface area contributed by atoms with Gasteiger partial charge in [0.05, 0.1) is 7.11 Å². The van der Waals surface area contributed by atoms with E-state index in [1.807, 2.05) is 12.1 Å². The van der Waals surface area contributed by atoms with Crippen LogP contribution in [0.5, 0.6) is 11.5 Å². The second-order valence-corrected chi connectivity index (χ2v) is 6.95. The molecule has 140 valence electrons. The van der Waals surface area contributed by atoms with Crippen LogP contribution in [0.1, 0.15) is 24.8 Å². The van der Waals surface area contributed by atoms with Crippen molar-refractivity contribution in [2.75, 3.05) is 20.3 Å². The molecule has 0 aromatic heterocycles. The predicted octanol–water partition coefficient (Wildman–Crippen LogP) is 2.51. The van der Waals surface area contributed by atoms with Gasteiger partial charge in [-0.2, -0.15) is 0 Å². The van der Waals surface area contributed by atoms with Crippen molar-refractivity contribution in [1.82, 2.24) is 4.90 Å². The van der Waals surface area contributed by atoms with Gasteiger partial charge in [-0.3, -0.25) is 4.79 Å². The summed E-state index contributed by atoms with van der Waals surface area (Å²) in [6.07, 6.45) is 5.44. The summed E-state index contributed by atoms with van der Waals surface area (Å²) in [6, 6.07) is 4.78. The molecule has 3 atom stereocenters. The van der Waals surface area contributed by atoms with Gasteiger partial charge in [0.25, 0.3) is 5.91 Å². The Kier molecular flexibility index (Phi) is 5.49. The molecule has 1 aromatic carbocycles. The van der Waals surface area contributed by atoms with Crippen molar-refractivity contribution in [2.24, 2.45) is 11.8 Å². The van der Waals surface area contributed by atoms with Gasteiger partial charge in [-0.05, 0) is 48.8 Å². The molecule has 0 radical (unpaired) electrons. The number of likely N-dealkylation sites (tertiary alicyclic amines) is 1. The fourth-order valence-corrected chi connectivity index (χ4v) is 4.23. The molecule has 1 aromatic rings. The van der Waals surface area contributed by atoms with E-state index in [1.165, 1.54) is 4.90 Å². The lowest BCUT2D eigenvalue weighted by molar-refractivity contribution is -0.150. The molecule has 2 aliphatic rings. The smallest absolute Gasteiger partial charge is 0.326 e. The van der Waals surface area contributed by atoms with Crippen LogP contribution in [0.4, 0.5) is 0 Å². The van der Waals surface area contributed by atoms with Crippen molar-refractivity contribution >= 4 is 11.9 Å². The summed E-state index contributed by atoms with van der Waals surface area (Å²) in [5, 5.41) is 9.57. The largest absolute Gasteiger partial charge is 0.493 e. The van der Waals surface area contributed by atoms with E-state index in [1.54, 1.807) is 19.3 Å². The first-order valence-corrected chi connectivity index (χ1v) is 8.98. The average molecular weight is 359 g/mol. The molecule has 6 heteroatoms. The predicted molar refractivity (Wildman–Crippen MR) is 96.4 cm³/mol. The summed E-state index contributed by atoms with van der Waals surface area (Å²) in [5.41, 5.74) is 1.04. The maximum Gasteiger partial charge on any atom is 0.326 e. The molecule has 1 saturated carbocycles. The molecule has 1 heterocycles. The molecule has 1 saturated heterocycles. The standard InChI is InChI=1S/C20H25NO5/c1-3-5-13-8-9-16(17(10-13)25-2)26-12-18(22)21-11-14-6-4-7-15(14)19(21)20(23)24/h3,8-10,14-15,19H,1,4-7,11-12H2,2H3,(H,23,24). The lowest BCUT2D eigenvalue weighted by atomic mass is 9.94. The Balaban J connectivity index is 1.67. The maximum atomic E-state index is 12.6. The monoisotopic (exact) mass is 359 g/mol. The molecule has 3 unspecified atom stereocenters. The van der Waals surface area contributed by atoms with Crippen LogP contribution in [-0.2, 0) is 16.0 Å². The number of carboxylic acid groups (broad SMARTS) is 1. The molecular weight excluding hydrogens is 334 g/mol. The highest BCUT2D eigenvalue weighted by atomic mass is 16.5. The molecule has 2 fully saturated rings. The highest BCUT2D eigenvalue weighted by Gasteiger charge is 2.49. The third-order valence-electron chi connectivity index (χ3n) is 5.42. The summed E-state index contributed by atoms with van der Waals surface area (Å²) in [4.78, 5) is 25.8. The van der Waals surface area contributed by atoms with Gasteiger partial charge < -0.3 is 19.5 Å². The normalized spacial score (nSPS) is 24.2. The number of allylic oxidation sites excluding steroid dienone is 1. The van der Waals surface area contributed by atoms with E-state index in [0.29, 0.717) is 30.4 Å². The number of hydrogen-bond acceptors (Lipinski definition) is 4. The Morgan fingerprint density at radius 3 is 2.85 bits per heavy atom. The second kappa shape index (κ2) is 7.81. The highest BCUT2D eigenvalue weighted by Crippen LogP contribution is 2.42. The Bertz CT molecular complexity index is 701. The number of amides is 1. The minimum absolute atomic E-state index is 0.0733. The van der Waals surface area contributed by atoms with Crippen LogP contribution >= 0.6 is 0 Å². The Hall–Kier alpha value is -2.50. The first-order chi connectivity index (χ1) is 12.5. The topological polar surface area (TPSA) is 76.1 Å². The van der Waals surface area contributed by atoms with Crippen LogP contribution in [-0.4, -0.2) is 48.2 Å². The average Bonchev–Trinajstić information content (AvgIpc) is 3.21. The van der Waals surface area contributed by atoms with Crippen LogP contribution in [0.3, 0.4) is 0 Å². The van der Waals surface area contributed by atoms with Crippen LogP contribution in [0.15, 0.2) is 30.9 Å². The van der Waals surface area contributed by atoms with E-state index in [0.717, 1.165) is 24.8 Å². The summed E-state index contributed by atoms with van der Waals surface area (Å²) in [7, 11) is 1.55. The maximum absolute atomic E-state index is 12.6. The number of carboxylic acids is 1. The molecule has 1 aliphatic heterocycles. The number of ether oxygens (including phenoxy) is 2. The first kappa shape index (κ1) is 18.3. The molecule has 0 bridgehead atoms. The minimum Gasteiger partial charge on any atom is -0.493 e. The first-order valence-electron chi connectivity index (χ1n) is 8.98. The van der Waals surface area contributed by atoms with Crippen molar-refractivity contribution in [3.05, 3.63) is 36.4 Å². The number of carbonyl (C=O) groups is 2. The zero-order valence-electron chi connectivity index (χ0n) is 15.0. The van der Waals surface area contributed by atoms with Crippen molar-refractivity contribution in [2.45, 2.75) is 31.7 Å². The lowest BCUT2D eigenvalue weighted by Crippen LogP contribution is -2.45. The Morgan fingerprint density at radius 2 is 2.15 bits per heavy atom. The van der Waals surface area contributed by atoms with Crippen molar-refractivity contribution in [1.29, 1.82) is 0 Å². The summed E-state index contributed by atoms with van der Waals surface area (Å²) < 4.78 is 11.0. The molecule has 1 aliphatic carbocycles. The van der Waals surface area contributed by atoms with E-state index in [4.69, 9.17) is 9.47 Å². The second-order valence-electron chi connectivity index (χ2n) is 6.95. The summed E-state index contributed by atoms with van der Waals surface area (Å²) >= 11 is 0. The van der Waals surface area contributed by atoms with Crippen molar-refractivity contribution in [3.8, 4) is 11.5 Å². The van der Waals surface area contributed by atoms with Gasteiger partial charge in [0.2, 0.25) is 0 Å². The fraction of sp³-hybridized carbons (Fsp3) is 0.500. The van der Waals surface area contributed by atoms with Crippen LogP contribution in [0.25, 0.3) is 0 Å². The quantitative estimate of drug-likeness (QED) is 0.757. The molecule has 3 rings (SSSR count). The number of aliphatic carboxylic acids is 1. The Labute approximate surface area is 153 Å². The minimum atomic E-state index is -0.917. The van der Waals surface area contributed by atoms with Crippen LogP contribution < -0.4 is 9.47 Å². The number of fused-ring (bicyclic) bond motifs is 1. The number of hydrogen-bond donors (Lipinski definition) is 1. The number of carbonyl (C=O) groups excluding carboxylic acids is 1. The lowest BCUT2D eigenvalue weighted by Gasteiger charge is -2.24. The molecule has 6 nitrogen and oxygen atoms in total. The van der Waals surface area contributed by atoms with Crippen molar-refractivity contribution < 1.29 is 24.2 Å². The van der Waals surface area contributed by atoms with Gasteiger partial charge in [-0.1, -0.05) is 18.6 Å². The zero-order valence-corrected chi connectivity index (χ0v) is 15.0. The van der Waals surface area contributed by atoms with E-state index < -0.39 is 12.0 Å². The third-order valence-corrected chi connectivity index (χ3v) is 5.42. The Morgan fingerprint density at radius 1 is 1.35 bits per heavy atom. The SMILES string of the molecule is C=CCc1ccc(OCC(=O)N2CC3CCCC3C2C(=O)O)c(OC)c1. The van der Waals surface area contributed by atoms with Gasteiger partial charge in [0.15, 0.2) is 18.1 Å². The van der Waals surface area contributed by atoms with Crippen molar-refractivity contribution in [3.63, 3.8) is 0 Å². The summed E-state index contributed by atoms with van der Waals surface area (Å²) in [5.74, 6) is 0.185. The van der Waals surface area contributed by atoms with Gasteiger partial charge >= 0.3 is 5.97 Å². The number of methoxy groups -OCH3 is 1. The zero-order chi connectivity index (χ0) is 18.7. The van der Waals surface area contributed by atoms with Gasteiger partial charge in [-0.15, -0.1) is 6.58 Å².